The Kier molecular flexibility index (Phi) is 6.38. The number of hydrogen-bond acceptors (Lipinski definition) is 4. The molecule has 6 nitrogen and oxygen atoms in total. The van der Waals surface area contributed by atoms with E-state index < -0.39 is 5.91 Å². The number of primary amides is 1. The standard InChI is InChI=1S/C13H18N2O4/c1-18-8-2-7-15-12(16)9-19-11-5-3-10(4-6-11)13(14)17/h3-6H,2,7-9H2,1H3,(H2,14,17)(H,15,16). The minimum atomic E-state index is -0.498. The molecule has 0 aliphatic carbocycles. The summed E-state index contributed by atoms with van der Waals surface area (Å²) in [6.07, 6.45) is 0.759. The molecular formula is C13H18N2O4. The summed E-state index contributed by atoms with van der Waals surface area (Å²) in [6, 6.07) is 6.29. The average Bonchev–Trinajstić information content (AvgIpc) is 2.42. The normalized spacial score (nSPS) is 9.95. The molecule has 0 aromatic heterocycles. The van der Waals surface area contributed by atoms with Crippen LogP contribution in [-0.4, -0.2) is 38.7 Å². The van der Waals surface area contributed by atoms with Crippen molar-refractivity contribution in [1.82, 2.24) is 5.32 Å². The summed E-state index contributed by atoms with van der Waals surface area (Å²) in [5.41, 5.74) is 5.51. The highest BCUT2D eigenvalue weighted by atomic mass is 16.5. The monoisotopic (exact) mass is 266 g/mol. The minimum absolute atomic E-state index is 0.0666. The van der Waals surface area contributed by atoms with E-state index in [9.17, 15) is 9.59 Å². The molecule has 1 aromatic carbocycles. The van der Waals surface area contributed by atoms with Gasteiger partial charge in [0, 0.05) is 25.8 Å². The van der Waals surface area contributed by atoms with E-state index in [-0.39, 0.29) is 12.5 Å². The van der Waals surface area contributed by atoms with Crippen molar-refractivity contribution in [2.24, 2.45) is 5.73 Å². The molecule has 0 unspecified atom stereocenters. The molecule has 3 N–H and O–H groups in total. The van der Waals surface area contributed by atoms with Crippen LogP contribution in [0.25, 0.3) is 0 Å². The second-order valence-electron chi connectivity index (χ2n) is 3.87. The summed E-state index contributed by atoms with van der Waals surface area (Å²) in [6.45, 7) is 1.09. The zero-order valence-corrected chi connectivity index (χ0v) is 10.8. The van der Waals surface area contributed by atoms with E-state index in [1.807, 2.05) is 0 Å². The molecular weight excluding hydrogens is 248 g/mol. The van der Waals surface area contributed by atoms with Gasteiger partial charge in [-0.15, -0.1) is 0 Å². The van der Waals surface area contributed by atoms with Crippen molar-refractivity contribution >= 4 is 11.8 Å². The van der Waals surface area contributed by atoms with E-state index in [0.29, 0.717) is 24.5 Å². The Labute approximate surface area is 111 Å². The minimum Gasteiger partial charge on any atom is -0.484 e. The molecule has 1 rings (SSSR count). The summed E-state index contributed by atoms with van der Waals surface area (Å²) in [5.74, 6) is -0.186. The molecule has 0 radical (unpaired) electrons. The van der Waals surface area contributed by atoms with Crippen LogP contribution in [0.3, 0.4) is 0 Å². The van der Waals surface area contributed by atoms with E-state index in [1.165, 1.54) is 0 Å². The van der Waals surface area contributed by atoms with Gasteiger partial charge in [-0.25, -0.2) is 0 Å². The van der Waals surface area contributed by atoms with Crippen molar-refractivity contribution in [2.75, 3.05) is 26.9 Å². The quantitative estimate of drug-likeness (QED) is 0.663. The van der Waals surface area contributed by atoms with Crippen molar-refractivity contribution in [2.45, 2.75) is 6.42 Å². The van der Waals surface area contributed by atoms with Gasteiger partial charge in [-0.05, 0) is 30.7 Å². The van der Waals surface area contributed by atoms with Crippen LogP contribution in [0.2, 0.25) is 0 Å². The van der Waals surface area contributed by atoms with Gasteiger partial charge in [0.1, 0.15) is 5.75 Å². The predicted octanol–water partition coefficient (Wildman–Crippen LogP) is 0.317. The number of hydrogen-bond donors (Lipinski definition) is 2. The summed E-state index contributed by atoms with van der Waals surface area (Å²) in [5, 5.41) is 2.70. The summed E-state index contributed by atoms with van der Waals surface area (Å²) in [4.78, 5) is 22.3. The van der Waals surface area contributed by atoms with Crippen molar-refractivity contribution in [3.05, 3.63) is 29.8 Å². The van der Waals surface area contributed by atoms with E-state index in [2.05, 4.69) is 5.32 Å². The third-order valence-corrected chi connectivity index (χ3v) is 2.36. The second kappa shape index (κ2) is 8.10. The molecule has 0 saturated carbocycles. The predicted molar refractivity (Wildman–Crippen MR) is 70.0 cm³/mol. The topological polar surface area (TPSA) is 90.7 Å². The Morgan fingerprint density at radius 2 is 1.95 bits per heavy atom. The number of ether oxygens (including phenoxy) is 2. The van der Waals surface area contributed by atoms with Crippen LogP contribution in [-0.2, 0) is 9.53 Å². The highest BCUT2D eigenvalue weighted by Crippen LogP contribution is 2.11. The molecule has 0 spiro atoms. The summed E-state index contributed by atoms with van der Waals surface area (Å²) < 4.78 is 10.1. The number of methoxy groups -OCH3 is 1. The maximum Gasteiger partial charge on any atom is 0.257 e. The van der Waals surface area contributed by atoms with Gasteiger partial charge >= 0.3 is 0 Å². The Balaban J connectivity index is 2.28. The fraction of sp³-hybridized carbons (Fsp3) is 0.385. The molecule has 6 heteroatoms. The second-order valence-corrected chi connectivity index (χ2v) is 3.87. The lowest BCUT2D eigenvalue weighted by molar-refractivity contribution is -0.123. The van der Waals surface area contributed by atoms with Gasteiger partial charge in [0.2, 0.25) is 5.91 Å². The van der Waals surface area contributed by atoms with Crippen molar-refractivity contribution in [3.8, 4) is 5.75 Å². The van der Waals surface area contributed by atoms with Gasteiger partial charge < -0.3 is 20.5 Å². The van der Waals surface area contributed by atoms with Gasteiger partial charge in [0.05, 0.1) is 0 Å². The molecule has 0 fully saturated rings. The third-order valence-electron chi connectivity index (χ3n) is 2.36. The molecule has 0 aliphatic rings. The molecule has 19 heavy (non-hydrogen) atoms. The summed E-state index contributed by atoms with van der Waals surface area (Å²) in [7, 11) is 1.61. The fourth-order valence-electron chi connectivity index (χ4n) is 1.36. The first-order valence-corrected chi connectivity index (χ1v) is 5.92. The van der Waals surface area contributed by atoms with Gasteiger partial charge in [-0.3, -0.25) is 9.59 Å². The lowest BCUT2D eigenvalue weighted by atomic mass is 10.2. The third kappa shape index (κ3) is 5.87. The number of nitrogens with two attached hydrogens (primary N) is 1. The average molecular weight is 266 g/mol. The SMILES string of the molecule is COCCCNC(=O)COc1ccc(C(N)=O)cc1. The van der Waals surface area contributed by atoms with E-state index >= 15 is 0 Å². The molecule has 0 bridgehead atoms. The smallest absolute Gasteiger partial charge is 0.257 e. The van der Waals surface area contributed by atoms with Crippen LogP contribution in [0.4, 0.5) is 0 Å². The molecule has 0 heterocycles. The largest absolute Gasteiger partial charge is 0.484 e. The van der Waals surface area contributed by atoms with E-state index in [4.69, 9.17) is 15.2 Å². The van der Waals surface area contributed by atoms with Crippen LogP contribution in [0.5, 0.6) is 5.75 Å². The number of carbonyl (C=O) groups is 2. The highest BCUT2D eigenvalue weighted by molar-refractivity contribution is 5.92. The molecule has 1 aromatic rings. The highest BCUT2D eigenvalue weighted by Gasteiger charge is 2.03. The maximum absolute atomic E-state index is 11.4. The van der Waals surface area contributed by atoms with E-state index in [0.717, 1.165) is 6.42 Å². The molecule has 0 aliphatic heterocycles. The first-order valence-electron chi connectivity index (χ1n) is 5.92. The lowest BCUT2D eigenvalue weighted by Crippen LogP contribution is -2.30. The number of benzene rings is 1. The van der Waals surface area contributed by atoms with Gasteiger partial charge in [0.25, 0.3) is 5.91 Å². The van der Waals surface area contributed by atoms with E-state index in [1.54, 1.807) is 31.4 Å². The fourth-order valence-corrected chi connectivity index (χ4v) is 1.36. The van der Waals surface area contributed by atoms with Crippen LogP contribution in [0, 0.1) is 0 Å². The number of nitrogens with one attached hydrogen (secondary N) is 1. The zero-order chi connectivity index (χ0) is 14.1. The van der Waals surface area contributed by atoms with Gasteiger partial charge in [-0.1, -0.05) is 0 Å². The van der Waals surface area contributed by atoms with Crippen molar-refractivity contribution < 1.29 is 19.1 Å². The zero-order valence-electron chi connectivity index (χ0n) is 10.8. The molecule has 2 amide bonds. The Hall–Kier alpha value is -2.08. The van der Waals surface area contributed by atoms with Crippen LogP contribution < -0.4 is 15.8 Å². The Bertz CT molecular complexity index is 417. The lowest BCUT2D eigenvalue weighted by Gasteiger charge is -2.07. The Morgan fingerprint density at radius 3 is 2.53 bits per heavy atom. The van der Waals surface area contributed by atoms with Gasteiger partial charge in [-0.2, -0.15) is 0 Å². The number of rotatable bonds is 8. The number of carbonyl (C=O) groups excluding carboxylic acids is 2. The van der Waals surface area contributed by atoms with Crippen molar-refractivity contribution in [1.29, 1.82) is 0 Å². The number of amides is 2. The van der Waals surface area contributed by atoms with Crippen molar-refractivity contribution in [3.63, 3.8) is 0 Å². The van der Waals surface area contributed by atoms with Crippen LogP contribution >= 0.6 is 0 Å². The van der Waals surface area contributed by atoms with Gasteiger partial charge in [0.15, 0.2) is 6.61 Å². The van der Waals surface area contributed by atoms with Crippen LogP contribution in [0.15, 0.2) is 24.3 Å². The van der Waals surface area contributed by atoms with Crippen LogP contribution in [0.1, 0.15) is 16.8 Å². The first kappa shape index (κ1) is 15.0. The Morgan fingerprint density at radius 1 is 1.26 bits per heavy atom. The molecule has 0 atom stereocenters. The molecule has 104 valence electrons. The molecule has 0 saturated heterocycles. The maximum atomic E-state index is 11.4. The first-order chi connectivity index (χ1) is 9.13. The summed E-state index contributed by atoms with van der Waals surface area (Å²) >= 11 is 0.